The molecule has 3 heteroatoms. The van der Waals surface area contributed by atoms with Gasteiger partial charge >= 0.3 is 0 Å². The van der Waals surface area contributed by atoms with E-state index >= 15 is 0 Å². The second-order valence-corrected chi connectivity index (χ2v) is 5.91. The summed E-state index contributed by atoms with van der Waals surface area (Å²) in [6.07, 6.45) is 0.823. The van der Waals surface area contributed by atoms with Gasteiger partial charge in [0.2, 0.25) is 0 Å². The molecule has 0 aliphatic carbocycles. The minimum Gasteiger partial charge on any atom is -0.379 e. The van der Waals surface area contributed by atoms with Crippen LogP contribution in [0.5, 0.6) is 0 Å². The molecule has 0 bridgehead atoms. The van der Waals surface area contributed by atoms with Gasteiger partial charge in [0.05, 0.1) is 5.69 Å². The highest BCUT2D eigenvalue weighted by molar-refractivity contribution is 5.46. The van der Waals surface area contributed by atoms with E-state index in [9.17, 15) is 8.78 Å². The number of hydrogen-bond donors (Lipinski definition) is 1. The Kier molecular flexibility index (Phi) is 4.90. The quantitative estimate of drug-likeness (QED) is 0.656. The molecule has 0 fully saturated rings. The van der Waals surface area contributed by atoms with E-state index in [0.29, 0.717) is 12.2 Å². The Hall–Kier alpha value is -2.68. The molecule has 0 aliphatic rings. The molecule has 3 rings (SSSR count). The molecule has 0 heterocycles. The molecule has 0 saturated carbocycles. The highest BCUT2D eigenvalue weighted by Gasteiger charge is 2.06. The maximum Gasteiger partial charge on any atom is 0.149 e. The molecule has 3 aromatic rings. The average Bonchev–Trinajstić information content (AvgIpc) is 2.57. The van der Waals surface area contributed by atoms with Gasteiger partial charge in [0, 0.05) is 12.6 Å². The topological polar surface area (TPSA) is 12.0 Å². The SMILES string of the molecule is Cc1ccc(Cc2ccccc2CNc2ccc(F)cc2F)cc1. The molecule has 3 aromatic carbocycles. The van der Waals surface area contributed by atoms with E-state index in [1.54, 1.807) is 0 Å². The second-order valence-electron chi connectivity index (χ2n) is 5.91. The normalized spacial score (nSPS) is 10.6. The van der Waals surface area contributed by atoms with Gasteiger partial charge in [0.15, 0.2) is 0 Å². The zero-order valence-electron chi connectivity index (χ0n) is 13.5. The Morgan fingerprint density at radius 2 is 1.54 bits per heavy atom. The van der Waals surface area contributed by atoms with Gasteiger partial charge in [-0.15, -0.1) is 0 Å². The van der Waals surface area contributed by atoms with E-state index in [4.69, 9.17) is 0 Å². The summed E-state index contributed by atoms with van der Waals surface area (Å²) in [5.74, 6) is -1.15. The minimum absolute atomic E-state index is 0.307. The van der Waals surface area contributed by atoms with Crippen LogP contribution in [-0.2, 0) is 13.0 Å². The van der Waals surface area contributed by atoms with Gasteiger partial charge in [0.25, 0.3) is 0 Å². The summed E-state index contributed by atoms with van der Waals surface area (Å²) in [7, 11) is 0. The zero-order chi connectivity index (χ0) is 16.9. The van der Waals surface area contributed by atoms with E-state index < -0.39 is 11.6 Å². The molecule has 0 unspecified atom stereocenters. The van der Waals surface area contributed by atoms with Crippen molar-refractivity contribution in [1.29, 1.82) is 0 Å². The fraction of sp³-hybridized carbons (Fsp3) is 0.143. The summed E-state index contributed by atoms with van der Waals surface area (Å²) < 4.78 is 26.7. The lowest BCUT2D eigenvalue weighted by Crippen LogP contribution is -2.05. The van der Waals surface area contributed by atoms with E-state index in [1.807, 2.05) is 18.2 Å². The lowest BCUT2D eigenvalue weighted by Gasteiger charge is -2.12. The number of aryl methyl sites for hydroxylation is 1. The predicted octanol–water partition coefficient (Wildman–Crippen LogP) is 5.48. The average molecular weight is 323 g/mol. The van der Waals surface area contributed by atoms with Crippen LogP contribution in [0.15, 0.2) is 66.7 Å². The van der Waals surface area contributed by atoms with Crippen molar-refractivity contribution in [3.05, 3.63) is 101 Å². The van der Waals surface area contributed by atoms with E-state index in [-0.39, 0.29) is 0 Å². The Labute approximate surface area is 141 Å². The van der Waals surface area contributed by atoms with Crippen LogP contribution in [0.3, 0.4) is 0 Å². The van der Waals surface area contributed by atoms with E-state index in [1.165, 1.54) is 28.8 Å². The van der Waals surface area contributed by atoms with Crippen LogP contribution in [0.4, 0.5) is 14.5 Å². The van der Waals surface area contributed by atoms with Crippen LogP contribution in [0.25, 0.3) is 0 Å². The minimum atomic E-state index is -0.578. The highest BCUT2D eigenvalue weighted by Crippen LogP contribution is 2.19. The smallest absolute Gasteiger partial charge is 0.149 e. The van der Waals surface area contributed by atoms with Crippen LogP contribution in [0.1, 0.15) is 22.3 Å². The molecule has 0 saturated heterocycles. The molecule has 0 radical (unpaired) electrons. The van der Waals surface area contributed by atoms with Gasteiger partial charge < -0.3 is 5.32 Å². The van der Waals surface area contributed by atoms with Gasteiger partial charge in [0.1, 0.15) is 11.6 Å². The summed E-state index contributed by atoms with van der Waals surface area (Å²) >= 11 is 0. The number of hydrogen-bond acceptors (Lipinski definition) is 1. The van der Waals surface area contributed by atoms with Crippen molar-refractivity contribution in [1.82, 2.24) is 0 Å². The molecular weight excluding hydrogens is 304 g/mol. The van der Waals surface area contributed by atoms with Crippen LogP contribution < -0.4 is 5.32 Å². The maximum atomic E-state index is 13.7. The molecule has 0 amide bonds. The van der Waals surface area contributed by atoms with Crippen LogP contribution in [0.2, 0.25) is 0 Å². The van der Waals surface area contributed by atoms with Crippen LogP contribution in [-0.4, -0.2) is 0 Å². The Morgan fingerprint density at radius 3 is 2.25 bits per heavy atom. The first-order valence-corrected chi connectivity index (χ1v) is 7.93. The zero-order valence-corrected chi connectivity index (χ0v) is 13.5. The molecule has 0 aromatic heterocycles. The molecule has 0 aliphatic heterocycles. The van der Waals surface area contributed by atoms with E-state index in [2.05, 4.69) is 42.6 Å². The fourth-order valence-electron chi connectivity index (χ4n) is 2.65. The van der Waals surface area contributed by atoms with Crippen molar-refractivity contribution in [2.75, 3.05) is 5.32 Å². The fourth-order valence-corrected chi connectivity index (χ4v) is 2.65. The van der Waals surface area contributed by atoms with Crippen molar-refractivity contribution < 1.29 is 8.78 Å². The third-order valence-electron chi connectivity index (χ3n) is 4.03. The van der Waals surface area contributed by atoms with Gasteiger partial charge in [-0.1, -0.05) is 54.1 Å². The van der Waals surface area contributed by atoms with E-state index in [0.717, 1.165) is 18.1 Å². The number of nitrogens with one attached hydrogen (secondary N) is 1. The van der Waals surface area contributed by atoms with Crippen LogP contribution >= 0.6 is 0 Å². The number of halogens is 2. The Balaban J connectivity index is 1.75. The number of benzene rings is 3. The van der Waals surface area contributed by atoms with Crippen molar-refractivity contribution in [2.45, 2.75) is 19.9 Å². The second kappa shape index (κ2) is 7.26. The standard InChI is InChI=1S/C21H19F2N/c1-15-6-8-16(9-7-15)12-17-4-2-3-5-18(17)14-24-21-11-10-19(22)13-20(21)23/h2-11,13,24H,12,14H2,1H3. The molecule has 1 N–H and O–H groups in total. The molecule has 0 atom stereocenters. The van der Waals surface area contributed by atoms with Crippen molar-refractivity contribution in [3.8, 4) is 0 Å². The summed E-state index contributed by atoms with van der Waals surface area (Å²) in [5.41, 5.74) is 5.07. The first kappa shape index (κ1) is 16.2. The summed E-state index contributed by atoms with van der Waals surface area (Å²) in [6.45, 7) is 2.56. The van der Waals surface area contributed by atoms with Crippen molar-refractivity contribution in [3.63, 3.8) is 0 Å². The van der Waals surface area contributed by atoms with Gasteiger partial charge in [-0.2, -0.15) is 0 Å². The van der Waals surface area contributed by atoms with Crippen molar-refractivity contribution >= 4 is 5.69 Å². The van der Waals surface area contributed by atoms with Crippen molar-refractivity contribution in [2.24, 2.45) is 0 Å². The van der Waals surface area contributed by atoms with Gasteiger partial charge in [-0.05, 0) is 42.2 Å². The first-order chi connectivity index (χ1) is 11.6. The third-order valence-corrected chi connectivity index (χ3v) is 4.03. The summed E-state index contributed by atoms with van der Waals surface area (Å²) in [4.78, 5) is 0. The monoisotopic (exact) mass is 323 g/mol. The summed E-state index contributed by atoms with van der Waals surface area (Å²) in [5, 5.41) is 3.05. The molecule has 0 spiro atoms. The third kappa shape index (κ3) is 3.99. The first-order valence-electron chi connectivity index (χ1n) is 7.93. The molecule has 122 valence electrons. The maximum absolute atomic E-state index is 13.7. The lowest BCUT2D eigenvalue weighted by molar-refractivity contribution is 0.585. The van der Waals surface area contributed by atoms with Gasteiger partial charge in [-0.25, -0.2) is 8.78 Å². The summed E-state index contributed by atoms with van der Waals surface area (Å²) in [6, 6.07) is 20.1. The lowest BCUT2D eigenvalue weighted by atomic mass is 9.99. The largest absolute Gasteiger partial charge is 0.379 e. The number of anilines is 1. The Morgan fingerprint density at radius 1 is 0.833 bits per heavy atom. The molecule has 1 nitrogen and oxygen atoms in total. The molecule has 24 heavy (non-hydrogen) atoms. The molecular formula is C21H19F2N. The Bertz CT molecular complexity index is 825. The van der Waals surface area contributed by atoms with Crippen LogP contribution in [0, 0.1) is 18.6 Å². The highest BCUT2D eigenvalue weighted by atomic mass is 19.1. The van der Waals surface area contributed by atoms with Gasteiger partial charge in [-0.3, -0.25) is 0 Å². The number of rotatable bonds is 5. The predicted molar refractivity (Wildman–Crippen MR) is 94.1 cm³/mol.